The number of hydrogen-bond acceptors (Lipinski definition) is 5. The Bertz CT molecular complexity index is 751. The van der Waals surface area contributed by atoms with E-state index in [-0.39, 0.29) is 25.4 Å². The fraction of sp³-hybridized carbons (Fsp3) is 0.500. The molecular weight excluding hydrogens is 377 g/mol. The smallest absolute Gasteiger partial charge is 0.309 e. The lowest BCUT2D eigenvalue weighted by Gasteiger charge is -2.23. The van der Waals surface area contributed by atoms with Crippen molar-refractivity contribution in [2.75, 3.05) is 6.61 Å². The summed E-state index contributed by atoms with van der Waals surface area (Å²) in [5.74, 6) is -2.27. The molecule has 6 nitrogen and oxygen atoms in total. The highest BCUT2D eigenvalue weighted by Gasteiger charge is 2.27. The highest BCUT2D eigenvalue weighted by molar-refractivity contribution is 5.80. The van der Waals surface area contributed by atoms with E-state index in [9.17, 15) is 18.8 Å². The number of amides is 1. The lowest BCUT2D eigenvalue weighted by Crippen LogP contribution is -2.34. The molecule has 29 heavy (non-hydrogen) atoms. The van der Waals surface area contributed by atoms with Crippen molar-refractivity contribution in [2.24, 2.45) is 5.92 Å². The van der Waals surface area contributed by atoms with E-state index in [1.807, 2.05) is 6.08 Å². The summed E-state index contributed by atoms with van der Waals surface area (Å²) in [5, 5.41) is 2.81. The molecule has 0 aliphatic carbocycles. The maximum absolute atomic E-state index is 13.2. The summed E-state index contributed by atoms with van der Waals surface area (Å²) >= 11 is 0. The monoisotopic (exact) mass is 405 g/mol. The van der Waals surface area contributed by atoms with Gasteiger partial charge in [0, 0.05) is 6.42 Å². The summed E-state index contributed by atoms with van der Waals surface area (Å²) in [6.07, 6.45) is 4.61. The molecule has 0 radical (unpaired) electrons. The summed E-state index contributed by atoms with van der Waals surface area (Å²) in [4.78, 5) is 36.9. The van der Waals surface area contributed by atoms with Crippen molar-refractivity contribution in [3.63, 3.8) is 0 Å². The highest BCUT2D eigenvalue weighted by Crippen LogP contribution is 2.20. The summed E-state index contributed by atoms with van der Waals surface area (Å²) in [5.41, 5.74) is -0.0102. The lowest BCUT2D eigenvalue weighted by molar-refractivity contribution is -0.161. The van der Waals surface area contributed by atoms with Gasteiger partial charge >= 0.3 is 11.9 Å². The zero-order valence-electron chi connectivity index (χ0n) is 17.1. The number of allylic oxidation sites excluding steroid dienone is 2. The van der Waals surface area contributed by atoms with E-state index in [4.69, 9.17) is 9.47 Å². The Balaban J connectivity index is 2.13. The predicted molar refractivity (Wildman–Crippen MR) is 105 cm³/mol. The average Bonchev–Trinajstić information content (AvgIpc) is 2.62. The zero-order valence-corrected chi connectivity index (χ0v) is 17.1. The Morgan fingerprint density at radius 1 is 1.21 bits per heavy atom. The topological polar surface area (TPSA) is 81.7 Å². The minimum Gasteiger partial charge on any atom is -0.463 e. The zero-order chi connectivity index (χ0) is 21.4. The second-order valence-electron chi connectivity index (χ2n) is 8.03. The third-order valence-corrected chi connectivity index (χ3v) is 4.29. The molecule has 0 saturated heterocycles. The molecular formula is C22H28FNO5. The van der Waals surface area contributed by atoms with Gasteiger partial charge in [0.15, 0.2) is 0 Å². The molecule has 1 aliphatic rings. The van der Waals surface area contributed by atoms with Gasteiger partial charge < -0.3 is 14.8 Å². The van der Waals surface area contributed by atoms with Crippen LogP contribution in [0.3, 0.4) is 0 Å². The van der Waals surface area contributed by atoms with Crippen LogP contribution in [0.4, 0.5) is 4.39 Å². The molecule has 1 aromatic rings. The molecule has 0 unspecified atom stereocenters. The molecule has 2 rings (SSSR count). The van der Waals surface area contributed by atoms with Crippen LogP contribution < -0.4 is 5.32 Å². The minimum absolute atomic E-state index is 0.0893. The van der Waals surface area contributed by atoms with E-state index in [1.165, 1.54) is 24.3 Å². The van der Waals surface area contributed by atoms with Gasteiger partial charge in [0.25, 0.3) is 0 Å². The van der Waals surface area contributed by atoms with E-state index in [0.29, 0.717) is 18.4 Å². The number of cyclic esters (lactones) is 1. The van der Waals surface area contributed by atoms with Gasteiger partial charge in [0.1, 0.15) is 18.0 Å². The molecule has 1 aliphatic heterocycles. The van der Waals surface area contributed by atoms with Crippen molar-refractivity contribution in [1.82, 2.24) is 5.32 Å². The molecule has 1 heterocycles. The van der Waals surface area contributed by atoms with Gasteiger partial charge in [-0.3, -0.25) is 14.4 Å². The lowest BCUT2D eigenvalue weighted by atomic mass is 10.00. The maximum atomic E-state index is 13.2. The highest BCUT2D eigenvalue weighted by atomic mass is 19.1. The second-order valence-corrected chi connectivity index (χ2v) is 8.03. The third kappa shape index (κ3) is 8.05. The van der Waals surface area contributed by atoms with Crippen molar-refractivity contribution < 1.29 is 28.2 Å². The van der Waals surface area contributed by atoms with Gasteiger partial charge in [-0.25, -0.2) is 4.39 Å². The van der Waals surface area contributed by atoms with Crippen molar-refractivity contribution in [3.05, 3.63) is 47.8 Å². The molecule has 2 atom stereocenters. The molecule has 1 N–H and O–H groups in total. The first-order valence-electron chi connectivity index (χ1n) is 9.72. The number of rotatable bonds is 3. The molecule has 7 heteroatoms. The summed E-state index contributed by atoms with van der Waals surface area (Å²) < 4.78 is 24.0. The maximum Gasteiger partial charge on any atom is 0.309 e. The van der Waals surface area contributed by atoms with Crippen LogP contribution in [0.25, 0.3) is 0 Å². The van der Waals surface area contributed by atoms with Crippen molar-refractivity contribution >= 4 is 17.8 Å². The van der Waals surface area contributed by atoms with Gasteiger partial charge in [-0.15, -0.1) is 0 Å². The predicted octanol–water partition coefficient (Wildman–Crippen LogP) is 3.61. The molecule has 0 fully saturated rings. The molecule has 1 amide bonds. The van der Waals surface area contributed by atoms with Gasteiger partial charge in [-0.05, 0) is 51.3 Å². The first-order valence-corrected chi connectivity index (χ1v) is 9.72. The molecule has 0 spiro atoms. The Hall–Kier alpha value is -2.70. The number of halogens is 1. The van der Waals surface area contributed by atoms with Crippen LogP contribution in [0.5, 0.6) is 0 Å². The largest absolute Gasteiger partial charge is 0.463 e. The third-order valence-electron chi connectivity index (χ3n) is 4.29. The summed E-state index contributed by atoms with van der Waals surface area (Å²) in [6, 6.07) is 5.05. The van der Waals surface area contributed by atoms with Gasteiger partial charge in [-0.1, -0.05) is 24.3 Å². The van der Waals surface area contributed by atoms with Gasteiger partial charge in [-0.2, -0.15) is 0 Å². The Kier molecular flexibility index (Phi) is 7.93. The van der Waals surface area contributed by atoms with Crippen LogP contribution in [0, 0.1) is 11.7 Å². The standard InChI is InChI=1S/C22H28FNO5/c1-22(2,3)29-20(26)13-16-7-5-4-6-8-19(25)24-18(14-28-21(16)27)15-9-11-17(23)12-10-15/h4-5,9-12,16,18H,6-8,13-14H2,1-3H3,(H,24,25)/b5-4+/t16-,18-/m0/s1. The van der Waals surface area contributed by atoms with Crippen LogP contribution in [-0.4, -0.2) is 30.1 Å². The number of hydrogen-bond donors (Lipinski definition) is 1. The Morgan fingerprint density at radius 2 is 1.90 bits per heavy atom. The minimum atomic E-state index is -0.676. The molecule has 0 aromatic heterocycles. The van der Waals surface area contributed by atoms with Crippen molar-refractivity contribution in [1.29, 1.82) is 0 Å². The van der Waals surface area contributed by atoms with E-state index in [2.05, 4.69) is 5.32 Å². The van der Waals surface area contributed by atoms with E-state index in [1.54, 1.807) is 26.8 Å². The number of ether oxygens (including phenoxy) is 2. The number of nitrogens with one attached hydrogen (secondary N) is 1. The molecule has 158 valence electrons. The number of carbonyl (C=O) groups excluding carboxylic acids is 3. The summed E-state index contributed by atoms with van der Waals surface area (Å²) in [7, 11) is 0. The number of esters is 2. The number of benzene rings is 1. The first kappa shape index (κ1) is 22.6. The Morgan fingerprint density at radius 3 is 2.55 bits per heavy atom. The van der Waals surface area contributed by atoms with Crippen LogP contribution in [0.15, 0.2) is 36.4 Å². The van der Waals surface area contributed by atoms with Gasteiger partial charge in [0.05, 0.1) is 18.4 Å². The molecule has 1 aromatic carbocycles. The van der Waals surface area contributed by atoms with Gasteiger partial charge in [0.2, 0.25) is 5.91 Å². The Labute approximate surface area is 170 Å². The van der Waals surface area contributed by atoms with E-state index in [0.717, 1.165) is 0 Å². The molecule has 0 bridgehead atoms. The quantitative estimate of drug-likeness (QED) is 0.614. The fourth-order valence-corrected chi connectivity index (χ4v) is 2.91. The first-order chi connectivity index (χ1) is 13.6. The summed E-state index contributed by atoms with van der Waals surface area (Å²) in [6.45, 7) is 5.19. The number of carbonyl (C=O) groups is 3. The normalized spacial score (nSPS) is 22.5. The van der Waals surface area contributed by atoms with Crippen molar-refractivity contribution in [2.45, 2.75) is 58.1 Å². The van der Waals surface area contributed by atoms with Crippen LogP contribution in [-0.2, 0) is 23.9 Å². The average molecular weight is 405 g/mol. The molecule has 0 saturated carbocycles. The van der Waals surface area contributed by atoms with E-state index >= 15 is 0 Å². The second kappa shape index (κ2) is 10.2. The fourth-order valence-electron chi connectivity index (χ4n) is 2.91. The van der Waals surface area contributed by atoms with Crippen LogP contribution in [0.2, 0.25) is 0 Å². The van der Waals surface area contributed by atoms with Crippen molar-refractivity contribution in [3.8, 4) is 0 Å². The SMILES string of the molecule is CC(C)(C)OC(=O)C[C@@H]1C/C=C/CCC(=O)N[C@H](c2ccc(F)cc2)COC1=O. The van der Waals surface area contributed by atoms with Crippen LogP contribution >= 0.6 is 0 Å². The van der Waals surface area contributed by atoms with E-state index < -0.39 is 35.3 Å². The van der Waals surface area contributed by atoms with Crippen LogP contribution in [0.1, 0.15) is 58.1 Å².